The number of ether oxygens (including phenoxy) is 2. The molecule has 0 saturated heterocycles. The Morgan fingerprint density at radius 2 is 2.06 bits per heavy atom. The van der Waals surface area contributed by atoms with Gasteiger partial charge in [0.25, 0.3) is 0 Å². The lowest BCUT2D eigenvalue weighted by molar-refractivity contribution is -0.142. The van der Waals surface area contributed by atoms with Gasteiger partial charge in [0.1, 0.15) is 0 Å². The Balaban J connectivity index is 3.05. The molecule has 0 aliphatic carbocycles. The van der Waals surface area contributed by atoms with Crippen molar-refractivity contribution in [2.24, 2.45) is 0 Å². The highest BCUT2D eigenvalue weighted by molar-refractivity contribution is 5.94. The summed E-state index contributed by atoms with van der Waals surface area (Å²) in [4.78, 5) is 22.0. The van der Waals surface area contributed by atoms with Gasteiger partial charge in [-0.1, -0.05) is 6.58 Å². The standard InChI is InChI=1S/C13H14O5/c1-4-10(13(15)16)18-11-6-5-9(8(2)14)7-12(11)17-3/h4-7,10H,1H2,2-3H3,(H,15,16). The van der Waals surface area contributed by atoms with Crippen molar-refractivity contribution >= 4 is 11.8 Å². The highest BCUT2D eigenvalue weighted by Crippen LogP contribution is 2.29. The Hall–Kier alpha value is -2.30. The van der Waals surface area contributed by atoms with Crippen LogP contribution in [0.3, 0.4) is 0 Å². The predicted molar refractivity (Wildman–Crippen MR) is 65.2 cm³/mol. The van der Waals surface area contributed by atoms with E-state index in [0.29, 0.717) is 11.3 Å². The van der Waals surface area contributed by atoms with Crippen LogP contribution >= 0.6 is 0 Å². The van der Waals surface area contributed by atoms with Crippen molar-refractivity contribution < 1.29 is 24.2 Å². The van der Waals surface area contributed by atoms with Crippen LogP contribution in [0, 0.1) is 0 Å². The van der Waals surface area contributed by atoms with E-state index >= 15 is 0 Å². The molecular formula is C13H14O5. The minimum Gasteiger partial charge on any atom is -0.493 e. The van der Waals surface area contributed by atoms with Gasteiger partial charge in [-0.2, -0.15) is 0 Å². The van der Waals surface area contributed by atoms with Gasteiger partial charge in [-0.3, -0.25) is 4.79 Å². The fourth-order valence-electron chi connectivity index (χ4n) is 1.32. The molecular weight excluding hydrogens is 236 g/mol. The Morgan fingerprint density at radius 3 is 2.50 bits per heavy atom. The van der Waals surface area contributed by atoms with Crippen molar-refractivity contribution in [2.75, 3.05) is 7.11 Å². The number of carboxylic acid groups (broad SMARTS) is 1. The number of carboxylic acids is 1. The third-order valence-corrected chi connectivity index (χ3v) is 2.28. The van der Waals surface area contributed by atoms with Crippen molar-refractivity contribution in [3.05, 3.63) is 36.4 Å². The highest BCUT2D eigenvalue weighted by atomic mass is 16.5. The lowest BCUT2D eigenvalue weighted by Gasteiger charge is -2.14. The third kappa shape index (κ3) is 3.10. The van der Waals surface area contributed by atoms with Crippen molar-refractivity contribution in [2.45, 2.75) is 13.0 Å². The van der Waals surface area contributed by atoms with Crippen molar-refractivity contribution in [3.8, 4) is 11.5 Å². The van der Waals surface area contributed by atoms with Gasteiger partial charge >= 0.3 is 5.97 Å². The fourth-order valence-corrected chi connectivity index (χ4v) is 1.32. The average molecular weight is 250 g/mol. The normalized spacial score (nSPS) is 11.4. The van der Waals surface area contributed by atoms with Gasteiger partial charge in [0, 0.05) is 5.56 Å². The number of benzene rings is 1. The molecule has 0 heterocycles. The van der Waals surface area contributed by atoms with E-state index in [-0.39, 0.29) is 11.5 Å². The monoisotopic (exact) mass is 250 g/mol. The smallest absolute Gasteiger partial charge is 0.349 e. The number of hydrogen-bond donors (Lipinski definition) is 1. The molecule has 96 valence electrons. The second kappa shape index (κ2) is 5.86. The summed E-state index contributed by atoms with van der Waals surface area (Å²) >= 11 is 0. The van der Waals surface area contributed by atoms with Crippen LogP contribution in [-0.2, 0) is 4.79 Å². The summed E-state index contributed by atoms with van der Waals surface area (Å²) in [5, 5.41) is 8.85. The zero-order chi connectivity index (χ0) is 13.7. The van der Waals surface area contributed by atoms with Crippen molar-refractivity contribution in [3.63, 3.8) is 0 Å². The van der Waals surface area contributed by atoms with Gasteiger partial charge in [0.05, 0.1) is 7.11 Å². The predicted octanol–water partition coefficient (Wildman–Crippen LogP) is 1.92. The number of ketones is 1. The SMILES string of the molecule is C=CC(Oc1ccc(C(C)=O)cc1OC)C(=O)O. The Kier molecular flexibility index (Phi) is 4.48. The van der Waals surface area contributed by atoms with Crippen LogP contribution in [0.4, 0.5) is 0 Å². The van der Waals surface area contributed by atoms with Gasteiger partial charge in [-0.05, 0) is 31.2 Å². The van der Waals surface area contributed by atoms with Gasteiger partial charge in [0.15, 0.2) is 17.3 Å². The maximum atomic E-state index is 11.2. The van der Waals surface area contributed by atoms with E-state index in [9.17, 15) is 9.59 Å². The molecule has 0 aromatic heterocycles. The van der Waals surface area contributed by atoms with Gasteiger partial charge in [-0.15, -0.1) is 0 Å². The molecule has 18 heavy (non-hydrogen) atoms. The number of carbonyl (C=O) groups is 2. The quantitative estimate of drug-likeness (QED) is 0.616. The molecule has 1 N–H and O–H groups in total. The molecule has 0 aliphatic rings. The molecule has 1 unspecified atom stereocenters. The van der Waals surface area contributed by atoms with Gasteiger partial charge in [0.2, 0.25) is 6.10 Å². The van der Waals surface area contributed by atoms with Crippen LogP contribution in [0.5, 0.6) is 11.5 Å². The minimum atomic E-state index is -1.16. The molecule has 0 aliphatic heterocycles. The highest BCUT2D eigenvalue weighted by Gasteiger charge is 2.17. The molecule has 0 fully saturated rings. The summed E-state index contributed by atoms with van der Waals surface area (Å²) in [5.74, 6) is -0.716. The summed E-state index contributed by atoms with van der Waals surface area (Å²) in [6.45, 7) is 4.81. The van der Waals surface area contributed by atoms with Crippen LogP contribution in [0.25, 0.3) is 0 Å². The van der Waals surface area contributed by atoms with Crippen LogP contribution in [0.1, 0.15) is 17.3 Å². The van der Waals surface area contributed by atoms with E-state index in [2.05, 4.69) is 6.58 Å². The molecule has 0 amide bonds. The van der Waals surface area contributed by atoms with Crippen LogP contribution < -0.4 is 9.47 Å². The molecule has 5 heteroatoms. The van der Waals surface area contributed by atoms with E-state index in [4.69, 9.17) is 14.6 Å². The molecule has 1 rings (SSSR count). The summed E-state index contributed by atoms with van der Waals surface area (Å²) in [7, 11) is 1.41. The van der Waals surface area contributed by atoms with Crippen molar-refractivity contribution in [1.29, 1.82) is 0 Å². The number of rotatable bonds is 6. The molecule has 1 aromatic carbocycles. The summed E-state index contributed by atoms with van der Waals surface area (Å²) in [6.07, 6.45) is 0.00258. The number of hydrogen-bond acceptors (Lipinski definition) is 4. The zero-order valence-electron chi connectivity index (χ0n) is 10.2. The topological polar surface area (TPSA) is 72.8 Å². The lowest BCUT2D eigenvalue weighted by Crippen LogP contribution is -2.24. The lowest BCUT2D eigenvalue weighted by atomic mass is 10.1. The Bertz CT molecular complexity index is 478. The van der Waals surface area contributed by atoms with E-state index in [0.717, 1.165) is 0 Å². The van der Waals surface area contributed by atoms with Gasteiger partial charge in [-0.25, -0.2) is 4.79 Å². The van der Waals surface area contributed by atoms with E-state index in [1.807, 2.05) is 0 Å². The molecule has 0 saturated carbocycles. The third-order valence-electron chi connectivity index (χ3n) is 2.28. The maximum absolute atomic E-state index is 11.2. The molecule has 0 radical (unpaired) electrons. The largest absolute Gasteiger partial charge is 0.493 e. The summed E-state index contributed by atoms with van der Waals surface area (Å²) < 4.78 is 10.3. The molecule has 1 atom stereocenters. The summed E-state index contributed by atoms with van der Waals surface area (Å²) in [6, 6.07) is 4.54. The van der Waals surface area contributed by atoms with Gasteiger partial charge < -0.3 is 14.6 Å². The van der Waals surface area contributed by atoms with Crippen LogP contribution in [0.15, 0.2) is 30.9 Å². The van der Waals surface area contributed by atoms with Crippen LogP contribution in [0.2, 0.25) is 0 Å². The maximum Gasteiger partial charge on any atom is 0.349 e. The number of carbonyl (C=O) groups excluding carboxylic acids is 1. The first-order valence-electron chi connectivity index (χ1n) is 5.20. The average Bonchev–Trinajstić information content (AvgIpc) is 2.35. The molecule has 1 aromatic rings. The molecule has 0 spiro atoms. The molecule has 5 nitrogen and oxygen atoms in total. The fraction of sp³-hybridized carbons (Fsp3) is 0.231. The Labute approximate surface area is 105 Å². The molecule has 0 bridgehead atoms. The number of methoxy groups -OCH3 is 1. The van der Waals surface area contributed by atoms with Crippen LogP contribution in [-0.4, -0.2) is 30.1 Å². The summed E-state index contributed by atoms with van der Waals surface area (Å²) in [5.41, 5.74) is 0.463. The minimum absolute atomic E-state index is 0.113. The van der Waals surface area contributed by atoms with E-state index in [1.54, 1.807) is 6.07 Å². The van der Waals surface area contributed by atoms with E-state index in [1.165, 1.54) is 32.2 Å². The zero-order valence-corrected chi connectivity index (χ0v) is 10.2. The second-order valence-electron chi connectivity index (χ2n) is 3.53. The number of Topliss-reactive ketones (excluding diaryl/α,β-unsaturated/α-hetero) is 1. The first kappa shape index (κ1) is 13.8. The van der Waals surface area contributed by atoms with E-state index < -0.39 is 12.1 Å². The first-order valence-corrected chi connectivity index (χ1v) is 5.20. The number of aliphatic carboxylic acids is 1. The second-order valence-corrected chi connectivity index (χ2v) is 3.53. The first-order chi connectivity index (χ1) is 8.49. The van der Waals surface area contributed by atoms with Crippen molar-refractivity contribution in [1.82, 2.24) is 0 Å². The Morgan fingerprint density at radius 1 is 1.39 bits per heavy atom.